The monoisotopic (exact) mass is 379 g/mol. The zero-order valence-electron chi connectivity index (χ0n) is 16.3. The molecule has 0 spiro atoms. The first kappa shape index (κ1) is 19.8. The van der Waals surface area contributed by atoms with Crippen molar-refractivity contribution in [3.05, 3.63) is 87.5 Å². The standard InChI is InChI=1S/C23H25NO4/c1-15(2)20-13-18(14-25)21(16-8-5-4-6-9-16)23(24(26)27)22(20)17-10-7-11-19(12-17)28-3/h4-15,20-23H,1-3H3/t20-,21-,22-,23+/m1/s1. The summed E-state index contributed by atoms with van der Waals surface area (Å²) < 4.78 is 5.35. The Kier molecular flexibility index (Phi) is 5.93. The van der Waals surface area contributed by atoms with E-state index in [1.165, 1.54) is 0 Å². The molecule has 0 aliphatic heterocycles. The second-order valence-electron chi connectivity index (χ2n) is 7.57. The zero-order chi connectivity index (χ0) is 20.3. The van der Waals surface area contributed by atoms with E-state index in [-0.39, 0.29) is 22.7 Å². The predicted octanol–water partition coefficient (Wildman–Crippen LogP) is 4.62. The first-order valence-electron chi connectivity index (χ1n) is 9.47. The molecule has 146 valence electrons. The summed E-state index contributed by atoms with van der Waals surface area (Å²) in [5.74, 6) is -0.254. The van der Waals surface area contributed by atoms with Crippen LogP contribution < -0.4 is 4.74 Å². The maximum atomic E-state index is 12.3. The lowest BCUT2D eigenvalue weighted by atomic mass is 9.64. The number of rotatable bonds is 6. The number of benzene rings is 2. The molecule has 0 aromatic heterocycles. The minimum Gasteiger partial charge on any atom is -0.497 e. The first-order chi connectivity index (χ1) is 13.5. The lowest BCUT2D eigenvalue weighted by Crippen LogP contribution is -2.43. The molecule has 28 heavy (non-hydrogen) atoms. The normalized spacial score (nSPS) is 24.5. The van der Waals surface area contributed by atoms with Crippen molar-refractivity contribution in [2.75, 3.05) is 7.11 Å². The highest BCUT2D eigenvalue weighted by molar-refractivity contribution is 5.77. The van der Waals surface area contributed by atoms with Gasteiger partial charge in [-0.1, -0.05) is 62.4 Å². The van der Waals surface area contributed by atoms with Gasteiger partial charge in [-0.05, 0) is 35.1 Å². The van der Waals surface area contributed by atoms with Crippen LogP contribution in [0.5, 0.6) is 5.75 Å². The maximum Gasteiger partial charge on any atom is 0.231 e. The summed E-state index contributed by atoms with van der Waals surface area (Å²) in [7, 11) is 1.59. The van der Waals surface area contributed by atoms with Crippen molar-refractivity contribution in [1.82, 2.24) is 0 Å². The molecule has 0 saturated carbocycles. The fraction of sp³-hybridized carbons (Fsp3) is 0.348. The number of allylic oxidation sites excluding steroid dienone is 1. The summed E-state index contributed by atoms with van der Waals surface area (Å²) in [5.41, 5.74) is 2.14. The Labute approximate surface area is 165 Å². The van der Waals surface area contributed by atoms with E-state index in [1.807, 2.05) is 74.5 Å². The molecule has 5 nitrogen and oxygen atoms in total. The molecule has 0 saturated heterocycles. The van der Waals surface area contributed by atoms with E-state index < -0.39 is 12.0 Å². The van der Waals surface area contributed by atoms with Gasteiger partial charge in [-0.3, -0.25) is 14.9 Å². The summed E-state index contributed by atoms with van der Waals surface area (Å²) in [5, 5.41) is 12.3. The largest absolute Gasteiger partial charge is 0.497 e. The Morgan fingerprint density at radius 3 is 2.32 bits per heavy atom. The third-order valence-electron chi connectivity index (χ3n) is 5.65. The SMILES string of the molecule is COc1cccc([C@H]2[C@@H]([N+](=O)[O-])[C@H](c3ccccc3)C(C=O)=C[C@@H]2C(C)C)c1. The van der Waals surface area contributed by atoms with Crippen molar-refractivity contribution in [2.45, 2.75) is 31.7 Å². The van der Waals surface area contributed by atoms with Gasteiger partial charge in [0.15, 0.2) is 0 Å². The van der Waals surface area contributed by atoms with E-state index in [4.69, 9.17) is 4.74 Å². The summed E-state index contributed by atoms with van der Waals surface area (Å²) in [6.45, 7) is 4.08. The predicted molar refractivity (Wildman–Crippen MR) is 108 cm³/mol. The second kappa shape index (κ2) is 8.38. The summed E-state index contributed by atoms with van der Waals surface area (Å²) in [4.78, 5) is 24.0. The van der Waals surface area contributed by atoms with Crippen molar-refractivity contribution in [1.29, 1.82) is 0 Å². The van der Waals surface area contributed by atoms with Gasteiger partial charge in [0.25, 0.3) is 0 Å². The van der Waals surface area contributed by atoms with E-state index in [9.17, 15) is 14.9 Å². The number of ether oxygens (including phenoxy) is 1. The highest BCUT2D eigenvalue weighted by atomic mass is 16.6. The lowest BCUT2D eigenvalue weighted by Gasteiger charge is -2.38. The molecule has 4 atom stereocenters. The van der Waals surface area contributed by atoms with Crippen LogP contribution in [-0.4, -0.2) is 24.4 Å². The van der Waals surface area contributed by atoms with Crippen LogP contribution in [0.25, 0.3) is 0 Å². The minimum absolute atomic E-state index is 0.123. The topological polar surface area (TPSA) is 69.4 Å². The Morgan fingerprint density at radius 2 is 1.75 bits per heavy atom. The molecule has 3 rings (SSSR count). The van der Waals surface area contributed by atoms with Gasteiger partial charge in [-0.15, -0.1) is 0 Å². The van der Waals surface area contributed by atoms with Crippen LogP contribution in [0.1, 0.15) is 36.8 Å². The van der Waals surface area contributed by atoms with Gasteiger partial charge < -0.3 is 4.74 Å². The van der Waals surface area contributed by atoms with Crippen LogP contribution in [0.2, 0.25) is 0 Å². The fourth-order valence-electron chi connectivity index (χ4n) is 4.35. The highest BCUT2D eigenvalue weighted by Gasteiger charge is 2.49. The third-order valence-corrected chi connectivity index (χ3v) is 5.65. The van der Waals surface area contributed by atoms with Gasteiger partial charge in [0.2, 0.25) is 6.04 Å². The van der Waals surface area contributed by atoms with Gasteiger partial charge in [0, 0.05) is 10.5 Å². The smallest absolute Gasteiger partial charge is 0.231 e. The molecule has 0 unspecified atom stereocenters. The van der Waals surface area contributed by atoms with Crippen LogP contribution >= 0.6 is 0 Å². The summed E-state index contributed by atoms with van der Waals surface area (Å²) >= 11 is 0. The van der Waals surface area contributed by atoms with E-state index in [2.05, 4.69) is 0 Å². The van der Waals surface area contributed by atoms with Crippen molar-refractivity contribution in [3.63, 3.8) is 0 Å². The first-order valence-corrected chi connectivity index (χ1v) is 9.47. The Balaban J connectivity index is 2.23. The summed E-state index contributed by atoms with van der Waals surface area (Å²) in [6.07, 6.45) is 2.73. The van der Waals surface area contributed by atoms with Gasteiger partial charge in [0.1, 0.15) is 12.0 Å². The van der Waals surface area contributed by atoms with Crippen LogP contribution in [0, 0.1) is 22.0 Å². The van der Waals surface area contributed by atoms with E-state index in [0.717, 1.165) is 17.4 Å². The molecule has 0 heterocycles. The van der Waals surface area contributed by atoms with Crippen LogP contribution in [0.4, 0.5) is 0 Å². The van der Waals surface area contributed by atoms with Crippen LogP contribution in [0.15, 0.2) is 66.2 Å². The Hall–Kier alpha value is -2.95. The van der Waals surface area contributed by atoms with Crippen molar-refractivity contribution in [3.8, 4) is 5.75 Å². The molecule has 1 aliphatic rings. The average molecular weight is 379 g/mol. The van der Waals surface area contributed by atoms with Gasteiger partial charge >= 0.3 is 0 Å². The van der Waals surface area contributed by atoms with Crippen molar-refractivity contribution < 1.29 is 14.5 Å². The molecular weight excluding hydrogens is 354 g/mol. The average Bonchev–Trinajstić information content (AvgIpc) is 2.72. The number of aldehydes is 1. The summed E-state index contributed by atoms with van der Waals surface area (Å²) in [6, 6.07) is 15.8. The molecule has 0 radical (unpaired) electrons. The third kappa shape index (κ3) is 3.70. The van der Waals surface area contributed by atoms with E-state index in [0.29, 0.717) is 11.3 Å². The highest BCUT2D eigenvalue weighted by Crippen LogP contribution is 2.48. The minimum atomic E-state index is -0.938. The number of hydrogen-bond donors (Lipinski definition) is 0. The fourth-order valence-corrected chi connectivity index (χ4v) is 4.35. The molecule has 0 fully saturated rings. The van der Waals surface area contributed by atoms with Gasteiger partial charge in [-0.25, -0.2) is 0 Å². The molecule has 0 N–H and O–H groups in total. The Bertz CT molecular complexity index is 875. The number of carbonyl (C=O) groups is 1. The number of hydrogen-bond acceptors (Lipinski definition) is 4. The molecule has 1 aliphatic carbocycles. The maximum absolute atomic E-state index is 12.3. The second-order valence-corrected chi connectivity index (χ2v) is 7.57. The quantitative estimate of drug-likeness (QED) is 0.417. The molecule has 2 aromatic rings. The Morgan fingerprint density at radius 1 is 1.07 bits per heavy atom. The van der Waals surface area contributed by atoms with Crippen molar-refractivity contribution in [2.24, 2.45) is 11.8 Å². The molecule has 2 aromatic carbocycles. The number of nitro groups is 1. The van der Waals surface area contributed by atoms with Gasteiger partial charge in [0.05, 0.1) is 18.9 Å². The van der Waals surface area contributed by atoms with E-state index >= 15 is 0 Å². The van der Waals surface area contributed by atoms with Gasteiger partial charge in [-0.2, -0.15) is 0 Å². The lowest BCUT2D eigenvalue weighted by molar-refractivity contribution is -0.532. The molecule has 0 bridgehead atoms. The van der Waals surface area contributed by atoms with Crippen LogP contribution in [0.3, 0.4) is 0 Å². The van der Waals surface area contributed by atoms with Crippen molar-refractivity contribution >= 4 is 6.29 Å². The molecule has 5 heteroatoms. The molecular formula is C23H25NO4. The van der Waals surface area contributed by atoms with E-state index in [1.54, 1.807) is 7.11 Å². The number of methoxy groups -OCH3 is 1. The van der Waals surface area contributed by atoms with Crippen LogP contribution in [-0.2, 0) is 4.79 Å². The molecule has 0 amide bonds. The zero-order valence-corrected chi connectivity index (χ0v) is 16.3. The number of nitrogens with zero attached hydrogens (tertiary/aromatic N) is 1. The number of carbonyl (C=O) groups excluding carboxylic acids is 1.